The predicted octanol–water partition coefficient (Wildman–Crippen LogP) is 2.29. The molecule has 0 spiro atoms. The van der Waals surface area contributed by atoms with Crippen LogP contribution >= 0.6 is 15.9 Å². The van der Waals surface area contributed by atoms with Crippen molar-refractivity contribution in [3.05, 3.63) is 33.5 Å². The summed E-state index contributed by atoms with van der Waals surface area (Å²) in [6, 6.07) is 3.02. The van der Waals surface area contributed by atoms with Gasteiger partial charge in [-0.05, 0) is 37.6 Å². The van der Waals surface area contributed by atoms with Gasteiger partial charge in [-0.3, -0.25) is 4.79 Å². The van der Waals surface area contributed by atoms with Gasteiger partial charge in [0.1, 0.15) is 5.82 Å². The molecule has 0 bridgehead atoms. The van der Waals surface area contributed by atoms with E-state index in [2.05, 4.69) is 15.9 Å². The third-order valence-corrected chi connectivity index (χ3v) is 2.36. The lowest BCUT2D eigenvalue weighted by Gasteiger charge is -2.07. The molecule has 0 unspecified atom stereocenters. The molecule has 0 radical (unpaired) electrons. The van der Waals surface area contributed by atoms with Crippen LogP contribution < -0.4 is 5.73 Å². The lowest BCUT2D eigenvalue weighted by molar-refractivity contribution is 0.101. The van der Waals surface area contributed by atoms with Crippen molar-refractivity contribution in [3.8, 4) is 0 Å². The molecule has 0 aliphatic carbocycles. The van der Waals surface area contributed by atoms with Crippen LogP contribution in [0.15, 0.2) is 16.6 Å². The second kappa shape index (κ2) is 4.66. The van der Waals surface area contributed by atoms with E-state index < -0.39 is 5.82 Å². The summed E-state index contributed by atoms with van der Waals surface area (Å²) in [4.78, 5) is 11.2. The Morgan fingerprint density at radius 1 is 1.57 bits per heavy atom. The number of halogens is 2. The molecule has 0 aliphatic heterocycles. The molecule has 2 N–H and O–H groups in total. The number of Topliss-reactive ketones (excluding diaryl/α,β-unsaturated/α-hetero) is 1. The lowest BCUT2D eigenvalue weighted by atomic mass is 10.0. The first-order chi connectivity index (χ1) is 6.56. The summed E-state index contributed by atoms with van der Waals surface area (Å²) in [6.07, 6.45) is 0.505. The molecule has 1 aromatic carbocycles. The van der Waals surface area contributed by atoms with Gasteiger partial charge in [-0.25, -0.2) is 4.39 Å². The van der Waals surface area contributed by atoms with Gasteiger partial charge >= 0.3 is 0 Å². The summed E-state index contributed by atoms with van der Waals surface area (Å²) in [5, 5.41) is 0. The number of hydrogen-bond donors (Lipinski definition) is 1. The van der Waals surface area contributed by atoms with E-state index >= 15 is 0 Å². The quantitative estimate of drug-likeness (QED) is 0.847. The van der Waals surface area contributed by atoms with Crippen LogP contribution in [0.4, 0.5) is 4.39 Å². The van der Waals surface area contributed by atoms with Crippen molar-refractivity contribution in [3.63, 3.8) is 0 Å². The Bertz CT molecular complexity index is 365. The van der Waals surface area contributed by atoms with Crippen molar-refractivity contribution < 1.29 is 9.18 Å². The van der Waals surface area contributed by atoms with Gasteiger partial charge in [0.15, 0.2) is 5.78 Å². The minimum atomic E-state index is -0.490. The normalized spacial score (nSPS) is 10.3. The van der Waals surface area contributed by atoms with Crippen molar-refractivity contribution in [2.45, 2.75) is 13.3 Å². The van der Waals surface area contributed by atoms with Crippen molar-refractivity contribution in [2.75, 3.05) is 6.54 Å². The Hall–Kier alpha value is -0.740. The maximum absolute atomic E-state index is 13.4. The highest BCUT2D eigenvalue weighted by Gasteiger charge is 2.13. The molecule has 0 saturated carbocycles. The molecule has 0 aliphatic rings. The highest BCUT2D eigenvalue weighted by Crippen LogP contribution is 2.21. The molecule has 0 saturated heterocycles. The Morgan fingerprint density at radius 3 is 2.71 bits per heavy atom. The lowest BCUT2D eigenvalue weighted by Crippen LogP contribution is -2.09. The maximum Gasteiger partial charge on any atom is 0.163 e. The fraction of sp³-hybridized carbons (Fsp3) is 0.300. The Labute approximate surface area is 90.4 Å². The predicted molar refractivity (Wildman–Crippen MR) is 56.9 cm³/mol. The van der Waals surface area contributed by atoms with E-state index in [0.29, 0.717) is 23.0 Å². The number of carbonyl (C=O) groups is 1. The third kappa shape index (κ3) is 2.39. The Morgan fingerprint density at radius 2 is 2.21 bits per heavy atom. The second-order valence-corrected chi connectivity index (χ2v) is 3.93. The zero-order chi connectivity index (χ0) is 10.7. The van der Waals surface area contributed by atoms with Crippen molar-refractivity contribution in [2.24, 2.45) is 5.73 Å². The van der Waals surface area contributed by atoms with E-state index in [4.69, 9.17) is 5.73 Å². The van der Waals surface area contributed by atoms with Crippen molar-refractivity contribution in [1.29, 1.82) is 0 Å². The number of benzene rings is 1. The minimum absolute atomic E-state index is 0.152. The summed E-state index contributed by atoms with van der Waals surface area (Å²) in [5.41, 5.74) is 6.19. The Balaban J connectivity index is 3.28. The first kappa shape index (κ1) is 11.3. The van der Waals surface area contributed by atoms with Gasteiger partial charge in [0.05, 0.1) is 5.56 Å². The van der Waals surface area contributed by atoms with Gasteiger partial charge in [-0.2, -0.15) is 0 Å². The molecule has 0 amide bonds. The summed E-state index contributed by atoms with van der Waals surface area (Å²) < 4.78 is 14.0. The molecule has 0 heterocycles. The molecule has 76 valence electrons. The average Bonchev–Trinajstić information content (AvgIpc) is 2.01. The van der Waals surface area contributed by atoms with Gasteiger partial charge in [-0.15, -0.1) is 0 Å². The number of nitrogens with two attached hydrogens (primary N) is 1. The van der Waals surface area contributed by atoms with Crippen LogP contribution in [-0.4, -0.2) is 12.3 Å². The van der Waals surface area contributed by atoms with Crippen LogP contribution in [0, 0.1) is 5.82 Å². The van der Waals surface area contributed by atoms with Gasteiger partial charge in [0, 0.05) is 4.47 Å². The largest absolute Gasteiger partial charge is 0.330 e. The van der Waals surface area contributed by atoms with Crippen molar-refractivity contribution >= 4 is 21.7 Å². The van der Waals surface area contributed by atoms with E-state index in [1.54, 1.807) is 6.07 Å². The third-order valence-electron chi connectivity index (χ3n) is 1.90. The molecular weight excluding hydrogens is 249 g/mol. The number of rotatable bonds is 3. The van der Waals surface area contributed by atoms with E-state index in [9.17, 15) is 9.18 Å². The summed E-state index contributed by atoms with van der Waals surface area (Å²) in [5.74, 6) is -0.756. The monoisotopic (exact) mass is 259 g/mol. The van der Waals surface area contributed by atoms with E-state index in [1.807, 2.05) is 0 Å². The fourth-order valence-corrected chi connectivity index (χ4v) is 1.85. The molecule has 14 heavy (non-hydrogen) atoms. The van der Waals surface area contributed by atoms with Gasteiger partial charge in [-0.1, -0.05) is 15.9 Å². The number of hydrogen-bond acceptors (Lipinski definition) is 2. The minimum Gasteiger partial charge on any atom is -0.330 e. The summed E-state index contributed by atoms with van der Waals surface area (Å²) in [7, 11) is 0. The van der Waals surface area contributed by atoms with Gasteiger partial charge in [0.25, 0.3) is 0 Å². The Kier molecular flexibility index (Phi) is 3.77. The summed E-state index contributed by atoms with van der Waals surface area (Å²) >= 11 is 3.17. The van der Waals surface area contributed by atoms with Gasteiger partial charge < -0.3 is 5.73 Å². The molecule has 0 atom stereocenters. The molecule has 4 heteroatoms. The molecule has 1 rings (SSSR count). The highest BCUT2D eigenvalue weighted by molar-refractivity contribution is 9.10. The van der Waals surface area contributed by atoms with Gasteiger partial charge in [0.2, 0.25) is 0 Å². The van der Waals surface area contributed by atoms with Crippen LogP contribution in [0.25, 0.3) is 0 Å². The van der Waals surface area contributed by atoms with Crippen molar-refractivity contribution in [1.82, 2.24) is 0 Å². The molecule has 0 aromatic heterocycles. The van der Waals surface area contributed by atoms with E-state index in [0.717, 1.165) is 0 Å². The molecule has 0 fully saturated rings. The molecule has 2 nitrogen and oxygen atoms in total. The van der Waals surface area contributed by atoms with Crippen LogP contribution in [0.3, 0.4) is 0 Å². The van der Waals surface area contributed by atoms with E-state index in [-0.39, 0.29) is 11.3 Å². The number of ketones is 1. The molecular formula is C10H11BrFNO. The zero-order valence-electron chi connectivity index (χ0n) is 7.81. The van der Waals surface area contributed by atoms with Crippen LogP contribution in [-0.2, 0) is 6.42 Å². The molecule has 1 aromatic rings. The topological polar surface area (TPSA) is 43.1 Å². The van der Waals surface area contributed by atoms with E-state index in [1.165, 1.54) is 13.0 Å². The number of carbonyl (C=O) groups excluding carboxylic acids is 1. The SMILES string of the molecule is CC(=O)c1c(F)cc(Br)cc1CCN. The maximum atomic E-state index is 13.4. The zero-order valence-corrected chi connectivity index (χ0v) is 9.40. The fourth-order valence-electron chi connectivity index (χ4n) is 1.37. The van der Waals surface area contributed by atoms with Crippen LogP contribution in [0.1, 0.15) is 22.8 Å². The summed E-state index contributed by atoms with van der Waals surface area (Å²) in [6.45, 7) is 1.75. The van der Waals surface area contributed by atoms with Crippen LogP contribution in [0.5, 0.6) is 0 Å². The first-order valence-corrected chi connectivity index (χ1v) is 5.04. The second-order valence-electron chi connectivity index (χ2n) is 3.02. The average molecular weight is 260 g/mol. The smallest absolute Gasteiger partial charge is 0.163 e. The van der Waals surface area contributed by atoms with Crippen LogP contribution in [0.2, 0.25) is 0 Å². The standard InChI is InChI=1S/C10H11BrFNO/c1-6(14)10-7(2-3-13)4-8(11)5-9(10)12/h4-5H,2-3,13H2,1H3. The first-order valence-electron chi connectivity index (χ1n) is 4.25. The highest BCUT2D eigenvalue weighted by atomic mass is 79.9.